The minimum atomic E-state index is -0.507. The van der Waals surface area contributed by atoms with Gasteiger partial charge in [-0.15, -0.1) is 0 Å². The summed E-state index contributed by atoms with van der Waals surface area (Å²) in [5.74, 6) is 1.92. The summed E-state index contributed by atoms with van der Waals surface area (Å²) >= 11 is 0. The van der Waals surface area contributed by atoms with Crippen molar-refractivity contribution in [3.05, 3.63) is 30.1 Å². The maximum atomic E-state index is 12.6. The Bertz CT molecular complexity index is 676. The van der Waals surface area contributed by atoms with Crippen molar-refractivity contribution in [3.8, 4) is 0 Å². The number of hydrogen-bond donors (Lipinski definition) is 0. The van der Waals surface area contributed by atoms with Crippen LogP contribution in [0.5, 0.6) is 0 Å². The van der Waals surface area contributed by atoms with Gasteiger partial charge >= 0.3 is 6.09 Å². The zero-order valence-electron chi connectivity index (χ0n) is 13.1. The highest BCUT2D eigenvalue weighted by atomic mass is 16.6. The molecule has 0 radical (unpaired) electrons. The Hall–Kier alpha value is -1.84. The van der Waals surface area contributed by atoms with Crippen LogP contribution in [-0.4, -0.2) is 21.2 Å². The first-order valence-electron chi connectivity index (χ1n) is 7.56. The average molecular weight is 286 g/mol. The standard InChI is InChI=1S/C17H22N2O2/c1-11-9-12(10-11)15-18-13-7-5-6-8-14(13)19(15)16(20)21-17(2,3)4/h5-8,11-12H,9-10H2,1-4H3. The molecular formula is C17H22N2O2. The lowest BCUT2D eigenvalue weighted by Crippen LogP contribution is -2.30. The van der Waals surface area contributed by atoms with E-state index in [0.29, 0.717) is 11.8 Å². The van der Waals surface area contributed by atoms with Crippen molar-refractivity contribution >= 4 is 17.1 Å². The lowest BCUT2D eigenvalue weighted by Gasteiger charge is -2.32. The summed E-state index contributed by atoms with van der Waals surface area (Å²) in [5.41, 5.74) is 1.19. The number of fused-ring (bicyclic) bond motifs is 1. The van der Waals surface area contributed by atoms with Crippen molar-refractivity contribution in [2.45, 2.75) is 52.1 Å². The molecule has 1 fully saturated rings. The topological polar surface area (TPSA) is 44.1 Å². The molecule has 0 saturated heterocycles. The molecule has 0 aliphatic heterocycles. The van der Waals surface area contributed by atoms with Gasteiger partial charge in [0.15, 0.2) is 0 Å². The quantitative estimate of drug-likeness (QED) is 0.783. The minimum Gasteiger partial charge on any atom is -0.443 e. The number of aromatic nitrogens is 2. The van der Waals surface area contributed by atoms with Crippen molar-refractivity contribution in [3.63, 3.8) is 0 Å². The van der Waals surface area contributed by atoms with E-state index in [1.54, 1.807) is 4.57 Å². The Kier molecular flexibility index (Phi) is 3.27. The molecule has 1 aliphatic carbocycles. The van der Waals surface area contributed by atoms with E-state index >= 15 is 0 Å². The molecule has 0 unspecified atom stereocenters. The molecule has 0 bridgehead atoms. The number of ether oxygens (including phenoxy) is 1. The molecule has 0 amide bonds. The lowest BCUT2D eigenvalue weighted by atomic mass is 9.75. The van der Waals surface area contributed by atoms with Gasteiger partial charge in [-0.25, -0.2) is 14.3 Å². The van der Waals surface area contributed by atoms with Crippen LogP contribution in [0, 0.1) is 5.92 Å². The van der Waals surface area contributed by atoms with Crippen LogP contribution in [0.3, 0.4) is 0 Å². The average Bonchev–Trinajstić information content (AvgIpc) is 2.71. The SMILES string of the molecule is CC1CC(c2nc3ccccc3n2C(=O)OC(C)(C)C)C1. The Morgan fingerprint density at radius 3 is 2.57 bits per heavy atom. The number of hydrogen-bond acceptors (Lipinski definition) is 3. The Balaban J connectivity index is 2.05. The van der Waals surface area contributed by atoms with Gasteiger partial charge in [0.05, 0.1) is 11.0 Å². The van der Waals surface area contributed by atoms with E-state index in [1.807, 2.05) is 45.0 Å². The van der Waals surface area contributed by atoms with Gasteiger partial charge < -0.3 is 4.74 Å². The van der Waals surface area contributed by atoms with Crippen LogP contribution in [0.25, 0.3) is 11.0 Å². The Morgan fingerprint density at radius 2 is 1.95 bits per heavy atom. The van der Waals surface area contributed by atoms with Crippen LogP contribution in [0.4, 0.5) is 4.79 Å². The number of nitrogens with zero attached hydrogens (tertiary/aromatic N) is 2. The van der Waals surface area contributed by atoms with Crippen LogP contribution >= 0.6 is 0 Å². The first-order valence-corrected chi connectivity index (χ1v) is 7.56. The van der Waals surface area contributed by atoms with Gasteiger partial charge in [-0.3, -0.25) is 0 Å². The molecule has 0 spiro atoms. The van der Waals surface area contributed by atoms with Crippen LogP contribution < -0.4 is 0 Å². The number of benzene rings is 1. The number of carbonyl (C=O) groups is 1. The van der Waals surface area contributed by atoms with E-state index in [0.717, 1.165) is 29.7 Å². The smallest absolute Gasteiger partial charge is 0.420 e. The van der Waals surface area contributed by atoms with E-state index < -0.39 is 5.60 Å². The highest BCUT2D eigenvalue weighted by molar-refractivity contribution is 5.87. The second-order valence-electron chi connectivity index (χ2n) is 7.05. The molecule has 3 rings (SSSR count). The third kappa shape index (κ3) is 2.67. The van der Waals surface area contributed by atoms with Crippen molar-refractivity contribution in [2.24, 2.45) is 5.92 Å². The molecule has 4 heteroatoms. The van der Waals surface area contributed by atoms with E-state index in [2.05, 4.69) is 11.9 Å². The Labute approximate surface area is 125 Å². The van der Waals surface area contributed by atoms with Gasteiger partial charge in [-0.05, 0) is 51.7 Å². The zero-order chi connectivity index (χ0) is 15.2. The van der Waals surface area contributed by atoms with Gasteiger partial charge in [-0.2, -0.15) is 0 Å². The van der Waals surface area contributed by atoms with Gasteiger partial charge in [0.2, 0.25) is 0 Å². The maximum absolute atomic E-state index is 12.6. The van der Waals surface area contributed by atoms with Gasteiger partial charge in [0, 0.05) is 5.92 Å². The molecule has 21 heavy (non-hydrogen) atoms. The molecular weight excluding hydrogens is 264 g/mol. The van der Waals surface area contributed by atoms with E-state index in [-0.39, 0.29) is 6.09 Å². The Morgan fingerprint density at radius 1 is 1.29 bits per heavy atom. The molecule has 1 aromatic heterocycles. The van der Waals surface area contributed by atoms with E-state index in [1.165, 1.54) is 0 Å². The largest absolute Gasteiger partial charge is 0.443 e. The predicted octanol–water partition coefficient (Wildman–Crippen LogP) is 4.33. The fourth-order valence-electron chi connectivity index (χ4n) is 2.93. The molecule has 112 valence electrons. The van der Waals surface area contributed by atoms with Gasteiger partial charge in [0.25, 0.3) is 0 Å². The fourth-order valence-corrected chi connectivity index (χ4v) is 2.93. The molecule has 1 aliphatic rings. The highest BCUT2D eigenvalue weighted by Crippen LogP contribution is 2.41. The minimum absolute atomic E-state index is 0.328. The number of imidazole rings is 1. The third-order valence-corrected chi connectivity index (χ3v) is 3.90. The van der Waals surface area contributed by atoms with Crippen LogP contribution in [0.1, 0.15) is 52.3 Å². The second-order valence-corrected chi connectivity index (χ2v) is 7.05. The number of carbonyl (C=O) groups excluding carboxylic acids is 1. The second kappa shape index (κ2) is 4.86. The highest BCUT2D eigenvalue weighted by Gasteiger charge is 2.33. The summed E-state index contributed by atoms with van der Waals surface area (Å²) in [6.07, 6.45) is 1.85. The van der Waals surface area contributed by atoms with Crippen molar-refractivity contribution in [1.82, 2.24) is 9.55 Å². The van der Waals surface area contributed by atoms with Crippen LogP contribution in [0.2, 0.25) is 0 Å². The molecule has 1 aromatic carbocycles. The van der Waals surface area contributed by atoms with E-state index in [9.17, 15) is 4.79 Å². The monoisotopic (exact) mass is 286 g/mol. The van der Waals surface area contributed by atoms with Crippen molar-refractivity contribution in [2.75, 3.05) is 0 Å². The zero-order valence-corrected chi connectivity index (χ0v) is 13.1. The first-order chi connectivity index (χ1) is 9.85. The van der Waals surface area contributed by atoms with Gasteiger partial charge in [-0.1, -0.05) is 19.1 Å². The van der Waals surface area contributed by atoms with Crippen molar-refractivity contribution in [1.29, 1.82) is 0 Å². The third-order valence-electron chi connectivity index (χ3n) is 3.90. The summed E-state index contributed by atoms with van der Waals surface area (Å²) in [7, 11) is 0. The molecule has 4 nitrogen and oxygen atoms in total. The molecule has 0 N–H and O–H groups in total. The predicted molar refractivity (Wildman–Crippen MR) is 82.5 cm³/mol. The number of para-hydroxylation sites is 2. The summed E-state index contributed by atoms with van der Waals surface area (Å²) in [4.78, 5) is 17.3. The summed E-state index contributed by atoms with van der Waals surface area (Å²) in [6, 6.07) is 7.75. The summed E-state index contributed by atoms with van der Waals surface area (Å²) < 4.78 is 7.22. The maximum Gasteiger partial charge on any atom is 0.420 e. The normalized spacial score (nSPS) is 22.1. The molecule has 2 aromatic rings. The van der Waals surface area contributed by atoms with Crippen LogP contribution in [-0.2, 0) is 4.74 Å². The fraction of sp³-hybridized carbons (Fsp3) is 0.529. The summed E-state index contributed by atoms with van der Waals surface area (Å²) in [5, 5.41) is 0. The van der Waals surface area contributed by atoms with Crippen molar-refractivity contribution < 1.29 is 9.53 Å². The van der Waals surface area contributed by atoms with E-state index in [4.69, 9.17) is 4.74 Å². The van der Waals surface area contributed by atoms with Crippen LogP contribution in [0.15, 0.2) is 24.3 Å². The molecule has 1 heterocycles. The van der Waals surface area contributed by atoms with Gasteiger partial charge in [0.1, 0.15) is 11.4 Å². The lowest BCUT2D eigenvalue weighted by molar-refractivity contribution is 0.0532. The molecule has 0 atom stereocenters. The number of rotatable bonds is 1. The summed E-state index contributed by atoms with van der Waals surface area (Å²) in [6.45, 7) is 7.89. The first kappa shape index (κ1) is 14.1. The molecule has 1 saturated carbocycles.